The lowest BCUT2D eigenvalue weighted by molar-refractivity contribution is -0.129. The van der Waals surface area contributed by atoms with Crippen LogP contribution in [-0.4, -0.2) is 32.5 Å². The van der Waals surface area contributed by atoms with E-state index in [1.165, 1.54) is 0 Å². The number of H-pyrrole nitrogens is 1. The summed E-state index contributed by atoms with van der Waals surface area (Å²) < 4.78 is 19.8. The van der Waals surface area contributed by atoms with E-state index in [1.54, 1.807) is 11.0 Å². The van der Waals surface area contributed by atoms with Gasteiger partial charge < -0.3 is 14.4 Å². The molecule has 1 saturated heterocycles. The zero-order valence-corrected chi connectivity index (χ0v) is 15.5. The molecule has 0 aromatic carbocycles. The van der Waals surface area contributed by atoms with Crippen LogP contribution >= 0.6 is 0 Å². The molecule has 1 N–H and O–H groups in total. The third-order valence-electron chi connectivity index (χ3n) is 5.17. The van der Waals surface area contributed by atoms with Crippen LogP contribution in [0.1, 0.15) is 49.9 Å². The van der Waals surface area contributed by atoms with Crippen LogP contribution < -0.4 is 0 Å². The normalized spacial score (nSPS) is 23.8. The van der Waals surface area contributed by atoms with Crippen molar-refractivity contribution in [3.63, 3.8) is 0 Å². The van der Waals surface area contributed by atoms with Crippen LogP contribution in [0.4, 0.5) is 4.39 Å². The molecule has 2 aromatic heterocycles. The SMILES string of the molecule is Cc1c[nH]c(-c2nc(C3CCCN(C4=C(F)CC(C)C=C4)C(=O)C3)no2)c1. The molecule has 1 aliphatic heterocycles. The first kappa shape index (κ1) is 17.7. The highest BCUT2D eigenvalue weighted by Crippen LogP contribution is 2.33. The number of allylic oxidation sites excluding steroid dienone is 3. The fourth-order valence-electron chi connectivity index (χ4n) is 3.69. The number of hydrogen-bond acceptors (Lipinski definition) is 4. The molecule has 2 aliphatic rings. The topological polar surface area (TPSA) is 75.0 Å². The summed E-state index contributed by atoms with van der Waals surface area (Å²) in [5.74, 6) is 0.702. The second-order valence-electron chi connectivity index (χ2n) is 7.47. The zero-order chi connectivity index (χ0) is 19.0. The molecule has 27 heavy (non-hydrogen) atoms. The minimum atomic E-state index is -0.208. The van der Waals surface area contributed by atoms with Gasteiger partial charge in [0.15, 0.2) is 5.82 Å². The first-order chi connectivity index (χ1) is 13.0. The van der Waals surface area contributed by atoms with Crippen molar-refractivity contribution in [1.29, 1.82) is 0 Å². The van der Waals surface area contributed by atoms with Gasteiger partial charge >= 0.3 is 0 Å². The Morgan fingerprint density at radius 1 is 1.37 bits per heavy atom. The fourth-order valence-corrected chi connectivity index (χ4v) is 3.69. The molecule has 2 aromatic rings. The minimum absolute atomic E-state index is 0.0936. The van der Waals surface area contributed by atoms with Gasteiger partial charge in [-0.1, -0.05) is 18.2 Å². The molecule has 4 rings (SSSR count). The van der Waals surface area contributed by atoms with E-state index < -0.39 is 0 Å². The molecule has 0 saturated carbocycles. The lowest BCUT2D eigenvalue weighted by Crippen LogP contribution is -2.31. The number of aromatic amines is 1. The summed E-state index contributed by atoms with van der Waals surface area (Å²) in [7, 11) is 0. The van der Waals surface area contributed by atoms with Gasteiger partial charge in [-0.25, -0.2) is 4.39 Å². The van der Waals surface area contributed by atoms with Gasteiger partial charge in [-0.05, 0) is 43.4 Å². The van der Waals surface area contributed by atoms with Gasteiger partial charge in [-0.15, -0.1) is 0 Å². The molecule has 3 heterocycles. The minimum Gasteiger partial charge on any atom is -0.357 e. The van der Waals surface area contributed by atoms with E-state index in [0.717, 1.165) is 24.1 Å². The number of amides is 1. The largest absolute Gasteiger partial charge is 0.357 e. The summed E-state index contributed by atoms with van der Waals surface area (Å²) in [6, 6.07) is 1.93. The molecule has 0 bridgehead atoms. The second kappa shape index (κ2) is 7.13. The highest BCUT2D eigenvalue weighted by atomic mass is 19.1. The van der Waals surface area contributed by atoms with Crippen LogP contribution in [0.2, 0.25) is 0 Å². The van der Waals surface area contributed by atoms with Gasteiger partial charge in [0, 0.05) is 31.5 Å². The Hall–Kier alpha value is -2.70. The van der Waals surface area contributed by atoms with Crippen molar-refractivity contribution in [2.75, 3.05) is 6.54 Å². The Bertz CT molecular complexity index is 911. The van der Waals surface area contributed by atoms with E-state index in [0.29, 0.717) is 30.4 Å². The number of aryl methyl sites for hydroxylation is 1. The third kappa shape index (κ3) is 3.59. The fraction of sp³-hybridized carbons (Fsp3) is 0.450. The van der Waals surface area contributed by atoms with E-state index in [2.05, 4.69) is 15.1 Å². The number of carbonyl (C=O) groups excluding carboxylic acids is 1. The Morgan fingerprint density at radius 2 is 2.22 bits per heavy atom. The molecular weight excluding hydrogens is 347 g/mol. The van der Waals surface area contributed by atoms with Crippen molar-refractivity contribution in [3.05, 3.63) is 47.3 Å². The highest BCUT2D eigenvalue weighted by Gasteiger charge is 2.31. The number of halogens is 1. The molecule has 6 nitrogen and oxygen atoms in total. The molecule has 1 aliphatic carbocycles. The predicted octanol–water partition coefficient (Wildman–Crippen LogP) is 4.25. The number of carbonyl (C=O) groups is 1. The Balaban J connectivity index is 1.51. The first-order valence-electron chi connectivity index (χ1n) is 9.37. The molecule has 0 radical (unpaired) electrons. The van der Waals surface area contributed by atoms with Crippen LogP contribution in [0, 0.1) is 12.8 Å². The monoisotopic (exact) mass is 370 g/mol. The molecule has 2 atom stereocenters. The lowest BCUT2D eigenvalue weighted by Gasteiger charge is -2.25. The average molecular weight is 370 g/mol. The summed E-state index contributed by atoms with van der Waals surface area (Å²) in [5.41, 5.74) is 2.26. The quantitative estimate of drug-likeness (QED) is 0.877. The maximum absolute atomic E-state index is 14.4. The molecule has 0 spiro atoms. The highest BCUT2D eigenvalue weighted by molar-refractivity contribution is 5.80. The van der Waals surface area contributed by atoms with Crippen molar-refractivity contribution in [1.82, 2.24) is 20.0 Å². The van der Waals surface area contributed by atoms with E-state index in [-0.39, 0.29) is 30.0 Å². The van der Waals surface area contributed by atoms with Crippen LogP contribution in [0.25, 0.3) is 11.6 Å². The van der Waals surface area contributed by atoms with Crippen LogP contribution in [-0.2, 0) is 4.79 Å². The number of nitrogens with zero attached hydrogens (tertiary/aromatic N) is 3. The predicted molar refractivity (Wildman–Crippen MR) is 98.2 cm³/mol. The number of likely N-dealkylation sites (tertiary alicyclic amines) is 1. The lowest BCUT2D eigenvalue weighted by atomic mass is 9.99. The van der Waals surface area contributed by atoms with Crippen molar-refractivity contribution >= 4 is 5.91 Å². The van der Waals surface area contributed by atoms with Gasteiger partial charge in [0.05, 0.1) is 5.70 Å². The molecule has 7 heteroatoms. The van der Waals surface area contributed by atoms with E-state index in [4.69, 9.17) is 4.52 Å². The summed E-state index contributed by atoms with van der Waals surface area (Å²) in [4.78, 5) is 21.9. The summed E-state index contributed by atoms with van der Waals surface area (Å²) >= 11 is 0. The summed E-state index contributed by atoms with van der Waals surface area (Å²) in [5, 5.41) is 4.09. The van der Waals surface area contributed by atoms with Gasteiger partial charge in [0.1, 0.15) is 11.5 Å². The maximum Gasteiger partial charge on any atom is 0.274 e. The Kier molecular flexibility index (Phi) is 4.68. The number of hydrogen-bond donors (Lipinski definition) is 1. The van der Waals surface area contributed by atoms with E-state index >= 15 is 0 Å². The average Bonchev–Trinajstić information content (AvgIpc) is 3.23. The first-order valence-corrected chi connectivity index (χ1v) is 9.37. The summed E-state index contributed by atoms with van der Waals surface area (Å²) in [6.45, 7) is 4.45. The van der Waals surface area contributed by atoms with Crippen molar-refractivity contribution in [3.8, 4) is 11.6 Å². The van der Waals surface area contributed by atoms with Crippen LogP contribution in [0.5, 0.6) is 0 Å². The molecular formula is C20H23FN4O2. The van der Waals surface area contributed by atoms with E-state index in [9.17, 15) is 9.18 Å². The van der Waals surface area contributed by atoms with Crippen molar-refractivity contribution in [2.45, 2.75) is 45.4 Å². The smallest absolute Gasteiger partial charge is 0.274 e. The third-order valence-corrected chi connectivity index (χ3v) is 5.17. The van der Waals surface area contributed by atoms with Crippen LogP contribution in [0.15, 0.2) is 40.5 Å². The maximum atomic E-state index is 14.4. The second-order valence-corrected chi connectivity index (χ2v) is 7.47. The van der Waals surface area contributed by atoms with Gasteiger partial charge in [0.25, 0.3) is 5.89 Å². The number of rotatable bonds is 3. The Morgan fingerprint density at radius 3 is 2.96 bits per heavy atom. The molecule has 2 unspecified atom stereocenters. The van der Waals surface area contributed by atoms with Gasteiger partial charge in [0.2, 0.25) is 5.91 Å². The molecule has 1 amide bonds. The van der Waals surface area contributed by atoms with Gasteiger partial charge in [-0.3, -0.25) is 4.79 Å². The standard InChI is InChI=1S/C20H23FN4O2/c1-12-5-6-17(15(21)8-12)25-7-3-4-14(10-18(25)26)19-23-20(27-24-19)16-9-13(2)11-22-16/h5-6,9,11-12,14,22H,3-4,7-8,10H2,1-2H3. The molecule has 1 fully saturated rings. The van der Waals surface area contributed by atoms with Crippen molar-refractivity contribution < 1.29 is 13.7 Å². The number of aromatic nitrogens is 3. The molecule has 142 valence electrons. The zero-order valence-electron chi connectivity index (χ0n) is 15.5. The summed E-state index contributed by atoms with van der Waals surface area (Å²) in [6.07, 6.45) is 7.69. The van der Waals surface area contributed by atoms with E-state index in [1.807, 2.05) is 32.2 Å². The van der Waals surface area contributed by atoms with Gasteiger partial charge in [-0.2, -0.15) is 4.98 Å². The number of nitrogens with one attached hydrogen (secondary N) is 1. The van der Waals surface area contributed by atoms with Crippen molar-refractivity contribution in [2.24, 2.45) is 5.92 Å². The Labute approximate surface area is 157 Å². The van der Waals surface area contributed by atoms with Crippen LogP contribution in [0.3, 0.4) is 0 Å².